The molecular weight excluding hydrogens is 631 g/mol. The van der Waals surface area contributed by atoms with Gasteiger partial charge in [0.1, 0.15) is 11.2 Å². The van der Waals surface area contributed by atoms with Gasteiger partial charge in [-0.2, -0.15) is 0 Å². The third kappa shape index (κ3) is 5.30. The van der Waals surface area contributed by atoms with Crippen molar-refractivity contribution in [3.05, 3.63) is 200 Å². The fourth-order valence-corrected chi connectivity index (χ4v) is 7.59. The summed E-state index contributed by atoms with van der Waals surface area (Å²) in [6, 6.07) is 71.7. The van der Waals surface area contributed by atoms with Gasteiger partial charge in [0.2, 0.25) is 0 Å². The molecule has 0 radical (unpaired) electrons. The van der Waals surface area contributed by atoms with E-state index in [0.29, 0.717) is 0 Å². The van der Waals surface area contributed by atoms with Crippen LogP contribution in [0.25, 0.3) is 76.9 Å². The van der Waals surface area contributed by atoms with Gasteiger partial charge >= 0.3 is 0 Å². The topological polar surface area (TPSA) is 16.4 Å². The van der Waals surface area contributed by atoms with Crippen LogP contribution in [0.15, 0.2) is 205 Å². The van der Waals surface area contributed by atoms with Gasteiger partial charge < -0.3 is 9.32 Å². The van der Waals surface area contributed by atoms with Crippen molar-refractivity contribution in [1.29, 1.82) is 0 Å². The summed E-state index contributed by atoms with van der Waals surface area (Å²) in [6.07, 6.45) is 0. The molecule has 0 amide bonds. The van der Waals surface area contributed by atoms with Crippen LogP contribution in [0.5, 0.6) is 0 Å². The first kappa shape index (κ1) is 30.0. The number of hydrogen-bond donors (Lipinski definition) is 0. The second-order valence-corrected chi connectivity index (χ2v) is 13.4. The fraction of sp³-hybridized carbons (Fsp3) is 0. The number of furan rings is 1. The molecule has 2 heteroatoms. The molecule has 2 nitrogen and oxygen atoms in total. The number of benzene rings is 9. The van der Waals surface area contributed by atoms with Crippen molar-refractivity contribution in [2.24, 2.45) is 0 Å². The zero-order chi connectivity index (χ0) is 34.4. The van der Waals surface area contributed by atoms with Crippen LogP contribution in [0.2, 0.25) is 0 Å². The number of fused-ring (bicyclic) bond motifs is 5. The van der Waals surface area contributed by atoms with Gasteiger partial charge in [0.15, 0.2) is 0 Å². The Morgan fingerprint density at radius 1 is 0.288 bits per heavy atom. The van der Waals surface area contributed by atoms with E-state index in [1.54, 1.807) is 0 Å². The van der Waals surface area contributed by atoms with Gasteiger partial charge in [0, 0.05) is 27.8 Å². The third-order valence-electron chi connectivity index (χ3n) is 10.3. The summed E-state index contributed by atoms with van der Waals surface area (Å²) in [5, 5.41) is 7.19. The van der Waals surface area contributed by atoms with Gasteiger partial charge in [-0.05, 0) is 116 Å². The maximum atomic E-state index is 6.29. The SMILES string of the molecule is c1ccc(-c2ccc(N(c3ccc(-c4ccc5oc6cc7ccccc7cc6c5c4)cc3)c3ccc(-c4cccc5ccccc45)cc3)cc2)cc1. The highest BCUT2D eigenvalue weighted by Gasteiger charge is 2.15. The lowest BCUT2D eigenvalue weighted by molar-refractivity contribution is 0.669. The van der Waals surface area contributed by atoms with Gasteiger partial charge in [-0.15, -0.1) is 0 Å². The Morgan fingerprint density at radius 3 is 1.48 bits per heavy atom. The summed E-state index contributed by atoms with van der Waals surface area (Å²) >= 11 is 0. The van der Waals surface area contributed by atoms with E-state index in [4.69, 9.17) is 4.42 Å². The van der Waals surface area contributed by atoms with E-state index >= 15 is 0 Å². The Morgan fingerprint density at radius 2 is 0.788 bits per heavy atom. The summed E-state index contributed by atoms with van der Waals surface area (Å²) in [4.78, 5) is 2.34. The van der Waals surface area contributed by atoms with Crippen molar-refractivity contribution in [2.75, 3.05) is 4.90 Å². The fourth-order valence-electron chi connectivity index (χ4n) is 7.59. The molecule has 0 aliphatic rings. The molecule has 52 heavy (non-hydrogen) atoms. The van der Waals surface area contributed by atoms with E-state index in [1.165, 1.54) is 43.8 Å². The second kappa shape index (κ2) is 12.5. The molecule has 10 aromatic rings. The van der Waals surface area contributed by atoms with Gasteiger partial charge in [-0.1, -0.05) is 140 Å². The molecular formula is C50H33NO. The molecule has 0 bridgehead atoms. The van der Waals surface area contributed by atoms with Crippen LogP contribution in [-0.2, 0) is 0 Å². The number of nitrogens with zero attached hydrogens (tertiary/aromatic N) is 1. The first-order chi connectivity index (χ1) is 25.7. The normalized spacial score (nSPS) is 11.5. The largest absolute Gasteiger partial charge is 0.456 e. The Kier molecular flexibility index (Phi) is 7.18. The smallest absolute Gasteiger partial charge is 0.136 e. The molecule has 1 aromatic heterocycles. The zero-order valence-electron chi connectivity index (χ0n) is 28.4. The van der Waals surface area contributed by atoms with Crippen LogP contribution in [0.1, 0.15) is 0 Å². The van der Waals surface area contributed by atoms with Crippen LogP contribution in [-0.4, -0.2) is 0 Å². The molecule has 0 spiro atoms. The van der Waals surface area contributed by atoms with Gasteiger partial charge in [0.25, 0.3) is 0 Å². The minimum Gasteiger partial charge on any atom is -0.456 e. The maximum absolute atomic E-state index is 6.29. The van der Waals surface area contributed by atoms with E-state index < -0.39 is 0 Å². The quantitative estimate of drug-likeness (QED) is 0.176. The summed E-state index contributed by atoms with van der Waals surface area (Å²) in [5.41, 5.74) is 12.3. The van der Waals surface area contributed by atoms with Gasteiger partial charge in [-0.3, -0.25) is 0 Å². The van der Waals surface area contributed by atoms with E-state index in [0.717, 1.165) is 50.1 Å². The monoisotopic (exact) mass is 663 g/mol. The van der Waals surface area contributed by atoms with Crippen molar-refractivity contribution < 1.29 is 4.42 Å². The number of anilines is 3. The molecule has 0 unspecified atom stereocenters. The van der Waals surface area contributed by atoms with Crippen LogP contribution in [0, 0.1) is 0 Å². The van der Waals surface area contributed by atoms with E-state index in [9.17, 15) is 0 Å². The van der Waals surface area contributed by atoms with Gasteiger partial charge in [0.05, 0.1) is 0 Å². The summed E-state index contributed by atoms with van der Waals surface area (Å²) in [7, 11) is 0. The third-order valence-corrected chi connectivity index (χ3v) is 10.3. The van der Waals surface area contributed by atoms with E-state index in [-0.39, 0.29) is 0 Å². The molecule has 0 aliphatic carbocycles. The van der Waals surface area contributed by atoms with Gasteiger partial charge in [-0.25, -0.2) is 0 Å². The van der Waals surface area contributed by atoms with Crippen molar-refractivity contribution >= 4 is 60.5 Å². The molecule has 0 fully saturated rings. The highest BCUT2D eigenvalue weighted by molar-refractivity contribution is 6.11. The Balaban J connectivity index is 1.03. The molecule has 0 saturated heterocycles. The van der Waals surface area contributed by atoms with Crippen molar-refractivity contribution in [3.8, 4) is 33.4 Å². The number of rotatable bonds is 6. The molecule has 9 aromatic carbocycles. The average Bonchev–Trinajstić information content (AvgIpc) is 3.57. The second-order valence-electron chi connectivity index (χ2n) is 13.4. The summed E-state index contributed by atoms with van der Waals surface area (Å²) in [5.74, 6) is 0. The lowest BCUT2D eigenvalue weighted by Gasteiger charge is -2.26. The Bertz CT molecular complexity index is 2860. The highest BCUT2D eigenvalue weighted by Crippen LogP contribution is 2.40. The highest BCUT2D eigenvalue weighted by atomic mass is 16.3. The molecule has 0 saturated carbocycles. The molecule has 0 aliphatic heterocycles. The summed E-state index contributed by atoms with van der Waals surface area (Å²) < 4.78 is 6.29. The van der Waals surface area contributed by atoms with Crippen LogP contribution in [0.4, 0.5) is 17.1 Å². The minimum atomic E-state index is 0.905. The van der Waals surface area contributed by atoms with Crippen molar-refractivity contribution in [2.45, 2.75) is 0 Å². The molecule has 0 N–H and O–H groups in total. The van der Waals surface area contributed by atoms with Crippen molar-refractivity contribution in [3.63, 3.8) is 0 Å². The first-order valence-corrected chi connectivity index (χ1v) is 17.7. The minimum absolute atomic E-state index is 0.905. The Hall–Kier alpha value is -6.90. The van der Waals surface area contributed by atoms with Crippen LogP contribution < -0.4 is 4.90 Å². The van der Waals surface area contributed by atoms with Crippen molar-refractivity contribution in [1.82, 2.24) is 0 Å². The standard InChI is InChI=1S/C50H33NO/c1-2-9-34(10-3-1)35-17-24-42(25-18-35)51(44-28-21-38(22-29-44)46-16-8-14-37-11-6-7-15-45(37)46)43-26-19-36(20-27-43)41-23-30-49-47(32-41)48-31-39-12-4-5-13-40(39)33-50(48)52-49/h1-33H. The number of hydrogen-bond acceptors (Lipinski definition) is 2. The molecule has 1 heterocycles. The predicted octanol–water partition coefficient (Wildman–Crippen LogP) is 14.4. The Labute approximate surface area is 302 Å². The summed E-state index contributed by atoms with van der Waals surface area (Å²) in [6.45, 7) is 0. The molecule has 244 valence electrons. The average molecular weight is 664 g/mol. The van der Waals surface area contributed by atoms with Crippen LogP contribution in [0.3, 0.4) is 0 Å². The lowest BCUT2D eigenvalue weighted by Crippen LogP contribution is -2.09. The zero-order valence-corrected chi connectivity index (χ0v) is 28.4. The van der Waals surface area contributed by atoms with E-state index in [2.05, 4.69) is 205 Å². The van der Waals surface area contributed by atoms with E-state index in [1.807, 2.05) is 0 Å². The molecule has 0 atom stereocenters. The lowest BCUT2D eigenvalue weighted by atomic mass is 9.98. The maximum Gasteiger partial charge on any atom is 0.136 e. The first-order valence-electron chi connectivity index (χ1n) is 17.7. The molecule has 10 rings (SSSR count). The van der Waals surface area contributed by atoms with Crippen LogP contribution >= 0.6 is 0 Å². The predicted molar refractivity (Wildman–Crippen MR) is 220 cm³/mol.